The summed E-state index contributed by atoms with van der Waals surface area (Å²) in [6.45, 7) is -0.109. The van der Waals surface area contributed by atoms with Crippen molar-refractivity contribution in [1.29, 1.82) is 0 Å². The molecule has 0 spiro atoms. The maximum Gasteiger partial charge on any atom is 0.251 e. The van der Waals surface area contributed by atoms with Crippen LogP contribution in [0.5, 0.6) is 0 Å². The highest BCUT2D eigenvalue weighted by Gasteiger charge is 2.05. The van der Waals surface area contributed by atoms with Crippen LogP contribution in [0.3, 0.4) is 0 Å². The van der Waals surface area contributed by atoms with Gasteiger partial charge >= 0.3 is 0 Å². The molecule has 18 heavy (non-hydrogen) atoms. The second kappa shape index (κ2) is 7.41. The van der Waals surface area contributed by atoms with Gasteiger partial charge in [-0.05, 0) is 24.3 Å². The van der Waals surface area contributed by atoms with Crippen LogP contribution in [-0.2, 0) is 4.79 Å². The first kappa shape index (κ1) is 14.1. The van der Waals surface area contributed by atoms with Crippen LogP contribution in [0, 0.1) is 0 Å². The van der Waals surface area contributed by atoms with Crippen LogP contribution in [0.4, 0.5) is 5.69 Å². The van der Waals surface area contributed by atoms with Crippen molar-refractivity contribution < 1.29 is 19.8 Å². The van der Waals surface area contributed by atoms with Crippen LogP contribution in [0.1, 0.15) is 16.8 Å². The van der Waals surface area contributed by atoms with E-state index in [0.717, 1.165) is 0 Å². The molecule has 0 radical (unpaired) electrons. The lowest BCUT2D eigenvalue weighted by Crippen LogP contribution is -2.26. The van der Waals surface area contributed by atoms with Crippen molar-refractivity contribution in [1.82, 2.24) is 5.32 Å². The molecule has 1 rings (SSSR count). The van der Waals surface area contributed by atoms with E-state index in [1.165, 1.54) is 0 Å². The Balaban J connectivity index is 2.57. The molecule has 0 unspecified atom stereocenters. The Bertz CT molecular complexity index is 403. The minimum absolute atomic E-state index is 0.0404. The summed E-state index contributed by atoms with van der Waals surface area (Å²) in [7, 11) is 0. The molecule has 0 heterocycles. The average molecular weight is 252 g/mol. The van der Waals surface area contributed by atoms with Crippen molar-refractivity contribution in [3.05, 3.63) is 29.8 Å². The van der Waals surface area contributed by atoms with E-state index in [0.29, 0.717) is 11.3 Å². The van der Waals surface area contributed by atoms with E-state index >= 15 is 0 Å². The average Bonchev–Trinajstić information content (AvgIpc) is 2.37. The topological polar surface area (TPSA) is 98.7 Å². The summed E-state index contributed by atoms with van der Waals surface area (Å²) in [5, 5.41) is 22.3. The molecule has 98 valence electrons. The molecule has 6 nitrogen and oxygen atoms in total. The first-order valence-corrected chi connectivity index (χ1v) is 5.57. The van der Waals surface area contributed by atoms with E-state index in [4.69, 9.17) is 10.2 Å². The lowest BCUT2D eigenvalue weighted by Gasteiger charge is -2.06. The Morgan fingerprint density at radius 1 is 1.06 bits per heavy atom. The number of benzene rings is 1. The number of carbonyl (C=O) groups is 2. The summed E-state index contributed by atoms with van der Waals surface area (Å²) in [5.41, 5.74) is 1.01. The number of carbonyl (C=O) groups excluding carboxylic acids is 2. The summed E-state index contributed by atoms with van der Waals surface area (Å²) in [5.74, 6) is -0.563. The quantitative estimate of drug-likeness (QED) is 0.560. The van der Waals surface area contributed by atoms with Crippen LogP contribution in [-0.4, -0.2) is 41.8 Å². The number of hydrogen-bond donors (Lipinski definition) is 4. The number of rotatable bonds is 6. The fraction of sp³-hybridized carbons (Fsp3) is 0.333. The van der Waals surface area contributed by atoms with Crippen LogP contribution in [0.25, 0.3) is 0 Å². The Kier molecular flexibility index (Phi) is 5.83. The first-order chi connectivity index (χ1) is 8.67. The zero-order valence-electron chi connectivity index (χ0n) is 9.85. The Morgan fingerprint density at radius 3 is 2.28 bits per heavy atom. The Morgan fingerprint density at radius 2 is 1.72 bits per heavy atom. The molecule has 0 bridgehead atoms. The smallest absolute Gasteiger partial charge is 0.251 e. The van der Waals surface area contributed by atoms with Gasteiger partial charge in [0.25, 0.3) is 5.91 Å². The summed E-state index contributed by atoms with van der Waals surface area (Å²) in [4.78, 5) is 22.7. The highest BCUT2D eigenvalue weighted by molar-refractivity contribution is 5.95. The largest absolute Gasteiger partial charge is 0.396 e. The van der Waals surface area contributed by atoms with Gasteiger partial charge in [-0.15, -0.1) is 0 Å². The lowest BCUT2D eigenvalue weighted by molar-refractivity contribution is -0.116. The van der Waals surface area contributed by atoms with Gasteiger partial charge in [-0.3, -0.25) is 9.59 Å². The highest BCUT2D eigenvalue weighted by atomic mass is 16.3. The molecule has 0 aliphatic carbocycles. The predicted molar refractivity (Wildman–Crippen MR) is 66.2 cm³/mol. The van der Waals surface area contributed by atoms with Gasteiger partial charge in [-0.2, -0.15) is 0 Å². The highest BCUT2D eigenvalue weighted by Crippen LogP contribution is 2.09. The Labute approximate surface area is 105 Å². The molecule has 0 atom stereocenters. The second-order valence-electron chi connectivity index (χ2n) is 3.58. The van der Waals surface area contributed by atoms with Gasteiger partial charge in [0.15, 0.2) is 0 Å². The summed E-state index contributed by atoms with van der Waals surface area (Å²) in [6, 6.07) is 6.34. The van der Waals surface area contributed by atoms with Crippen molar-refractivity contribution >= 4 is 17.5 Å². The minimum Gasteiger partial charge on any atom is -0.396 e. The first-order valence-electron chi connectivity index (χ1n) is 5.57. The van der Waals surface area contributed by atoms with Crippen molar-refractivity contribution in [2.45, 2.75) is 6.42 Å². The third-order valence-electron chi connectivity index (χ3n) is 2.17. The number of aliphatic hydroxyl groups excluding tert-OH is 2. The minimum atomic E-state index is -0.282. The van der Waals surface area contributed by atoms with E-state index in [1.54, 1.807) is 24.3 Å². The van der Waals surface area contributed by atoms with E-state index in [-0.39, 0.29) is 38.0 Å². The SMILES string of the molecule is O=C(CCO)Nc1ccc(C(=O)NCCO)cc1. The fourth-order valence-corrected chi connectivity index (χ4v) is 1.30. The second-order valence-corrected chi connectivity index (χ2v) is 3.58. The van der Waals surface area contributed by atoms with E-state index in [2.05, 4.69) is 10.6 Å². The maximum absolute atomic E-state index is 11.5. The van der Waals surface area contributed by atoms with E-state index in [9.17, 15) is 9.59 Å². The van der Waals surface area contributed by atoms with Gasteiger partial charge < -0.3 is 20.8 Å². The van der Waals surface area contributed by atoms with Crippen LogP contribution in [0.2, 0.25) is 0 Å². The predicted octanol–water partition coefficient (Wildman–Crippen LogP) is -0.270. The molecule has 2 amide bonds. The molecule has 0 aromatic heterocycles. The van der Waals surface area contributed by atoms with Crippen LogP contribution in [0.15, 0.2) is 24.3 Å². The monoisotopic (exact) mass is 252 g/mol. The standard InChI is InChI=1S/C12H16N2O4/c15-7-5-11(17)14-10-3-1-9(2-4-10)12(18)13-6-8-16/h1-4,15-16H,5-8H2,(H,13,18)(H,14,17). The molecule has 0 saturated heterocycles. The van der Waals surface area contributed by atoms with E-state index in [1.807, 2.05) is 0 Å². The Hall–Kier alpha value is -1.92. The van der Waals surface area contributed by atoms with Gasteiger partial charge in [-0.1, -0.05) is 0 Å². The van der Waals surface area contributed by atoms with Gasteiger partial charge in [0.1, 0.15) is 0 Å². The van der Waals surface area contributed by atoms with Crippen LogP contribution < -0.4 is 10.6 Å². The van der Waals surface area contributed by atoms with Crippen molar-refractivity contribution in [2.75, 3.05) is 25.1 Å². The third-order valence-corrected chi connectivity index (χ3v) is 2.17. The number of aliphatic hydroxyl groups is 2. The van der Waals surface area contributed by atoms with Crippen molar-refractivity contribution in [3.63, 3.8) is 0 Å². The molecule has 1 aromatic carbocycles. The zero-order valence-corrected chi connectivity index (χ0v) is 9.85. The summed E-state index contributed by atoms with van der Waals surface area (Å²) >= 11 is 0. The number of nitrogens with one attached hydrogen (secondary N) is 2. The van der Waals surface area contributed by atoms with E-state index < -0.39 is 0 Å². The van der Waals surface area contributed by atoms with Gasteiger partial charge in [0, 0.05) is 17.8 Å². The fourth-order valence-electron chi connectivity index (χ4n) is 1.30. The molecule has 1 aromatic rings. The number of anilines is 1. The lowest BCUT2D eigenvalue weighted by atomic mass is 10.2. The summed E-state index contributed by atoms with van der Waals surface area (Å²) in [6.07, 6.45) is 0.0404. The van der Waals surface area contributed by atoms with Gasteiger partial charge in [0.2, 0.25) is 5.91 Å². The molecular formula is C12H16N2O4. The van der Waals surface area contributed by atoms with Crippen molar-refractivity contribution in [3.8, 4) is 0 Å². The van der Waals surface area contributed by atoms with Gasteiger partial charge in [-0.25, -0.2) is 0 Å². The normalized spacial score (nSPS) is 9.89. The molecule has 0 aliphatic heterocycles. The molecule has 6 heteroatoms. The number of hydrogen-bond acceptors (Lipinski definition) is 4. The molecule has 0 fully saturated rings. The molecule has 4 N–H and O–H groups in total. The zero-order chi connectivity index (χ0) is 13.4. The molecule has 0 saturated carbocycles. The van der Waals surface area contributed by atoms with Gasteiger partial charge in [0.05, 0.1) is 19.6 Å². The molecule has 0 aliphatic rings. The summed E-state index contributed by atoms with van der Waals surface area (Å²) < 4.78 is 0. The maximum atomic E-state index is 11.5. The number of amides is 2. The van der Waals surface area contributed by atoms with Crippen LogP contribution >= 0.6 is 0 Å². The molecular weight excluding hydrogens is 236 g/mol. The third kappa shape index (κ3) is 4.52. The van der Waals surface area contributed by atoms with Crippen molar-refractivity contribution in [2.24, 2.45) is 0 Å².